The van der Waals surface area contributed by atoms with E-state index in [2.05, 4.69) is 0 Å². The first-order chi connectivity index (χ1) is 14.7. The number of ether oxygens (including phenoxy) is 1. The molecule has 2 N–H and O–H groups in total. The van der Waals surface area contributed by atoms with Crippen LogP contribution in [0.2, 0.25) is 0 Å². The summed E-state index contributed by atoms with van der Waals surface area (Å²) in [5.74, 6) is -3.17. The van der Waals surface area contributed by atoms with E-state index in [0.717, 1.165) is 12.0 Å². The zero-order valence-electron chi connectivity index (χ0n) is 17.7. The molecule has 0 spiro atoms. The highest BCUT2D eigenvalue weighted by atomic mass is 17.2. The molecule has 1 unspecified atom stereocenters. The molecule has 0 aliphatic carbocycles. The van der Waals surface area contributed by atoms with E-state index in [4.69, 9.17) is 14.5 Å². The molecule has 0 bridgehead atoms. The lowest BCUT2D eigenvalue weighted by molar-refractivity contribution is -0.375. The summed E-state index contributed by atoms with van der Waals surface area (Å²) < 4.78 is 5.36. The van der Waals surface area contributed by atoms with Crippen LogP contribution in [-0.4, -0.2) is 34.4 Å². The molecule has 166 valence electrons. The van der Waals surface area contributed by atoms with Gasteiger partial charge in [-0.3, -0.25) is 0 Å². The number of carboxylic acid groups (broad SMARTS) is 2. The maximum absolute atomic E-state index is 12.6. The van der Waals surface area contributed by atoms with Crippen LogP contribution in [0.25, 0.3) is 0 Å². The topological polar surface area (TPSA) is 119 Å². The quantitative estimate of drug-likeness (QED) is 0.231. The van der Waals surface area contributed by atoms with Gasteiger partial charge in [0.25, 0.3) is 0 Å². The number of carbonyl (C=O) groups is 3. The summed E-state index contributed by atoms with van der Waals surface area (Å²) in [7, 11) is 0. The van der Waals surface area contributed by atoms with Crippen molar-refractivity contribution in [2.75, 3.05) is 0 Å². The summed E-state index contributed by atoms with van der Waals surface area (Å²) in [6.45, 7) is 5.35. The summed E-state index contributed by atoms with van der Waals surface area (Å²) in [5.41, 5.74) is 1.82. The van der Waals surface area contributed by atoms with Crippen molar-refractivity contribution in [3.05, 3.63) is 69.8 Å². The number of benzene rings is 2. The third-order valence-corrected chi connectivity index (χ3v) is 4.54. The molecule has 0 heterocycles. The molecule has 8 heteroatoms. The first-order valence-corrected chi connectivity index (χ1v) is 9.89. The van der Waals surface area contributed by atoms with Gasteiger partial charge in [0.15, 0.2) is 0 Å². The van der Waals surface area contributed by atoms with Gasteiger partial charge in [-0.15, -0.1) is 0 Å². The fraction of sp³-hybridized carbons (Fsp3) is 0.348. The zero-order valence-corrected chi connectivity index (χ0v) is 17.7. The van der Waals surface area contributed by atoms with E-state index in [1.165, 1.54) is 18.2 Å². The van der Waals surface area contributed by atoms with E-state index in [-0.39, 0.29) is 23.3 Å². The summed E-state index contributed by atoms with van der Waals surface area (Å²) in [6, 6.07) is 9.22. The predicted molar refractivity (Wildman–Crippen MR) is 111 cm³/mol. The van der Waals surface area contributed by atoms with E-state index in [1.807, 2.05) is 13.8 Å². The number of carboxylic acids is 2. The third-order valence-electron chi connectivity index (χ3n) is 4.54. The van der Waals surface area contributed by atoms with Crippen LogP contribution in [0.4, 0.5) is 0 Å². The monoisotopic (exact) mass is 430 g/mol. The molecule has 2 rings (SSSR count). The molecule has 0 aliphatic heterocycles. The first kappa shape index (κ1) is 24.0. The zero-order chi connectivity index (χ0) is 23.0. The van der Waals surface area contributed by atoms with Gasteiger partial charge in [0.2, 0.25) is 6.29 Å². The van der Waals surface area contributed by atoms with Gasteiger partial charge in [-0.25, -0.2) is 19.3 Å². The number of aromatic carboxylic acids is 2. The fourth-order valence-electron chi connectivity index (χ4n) is 2.92. The predicted octanol–water partition coefficient (Wildman–Crippen LogP) is 4.52. The second-order valence-electron chi connectivity index (χ2n) is 7.16. The average molecular weight is 430 g/mol. The Kier molecular flexibility index (Phi) is 8.72. The Balaban J connectivity index is 2.11. The first-order valence-electron chi connectivity index (χ1n) is 9.89. The number of aryl methyl sites for hydroxylation is 2. The van der Waals surface area contributed by atoms with E-state index < -0.39 is 24.2 Å². The Morgan fingerprint density at radius 3 is 2.13 bits per heavy atom. The molecular weight excluding hydrogens is 404 g/mol. The van der Waals surface area contributed by atoms with Gasteiger partial charge < -0.3 is 14.9 Å². The minimum Gasteiger partial charge on any atom is -0.478 e. The molecule has 0 saturated heterocycles. The minimum atomic E-state index is -1.24. The molecule has 0 aliphatic rings. The molecule has 0 fully saturated rings. The Labute approximate surface area is 180 Å². The van der Waals surface area contributed by atoms with Crippen LogP contribution in [0.15, 0.2) is 36.4 Å². The second kappa shape index (κ2) is 11.2. The van der Waals surface area contributed by atoms with Gasteiger partial charge >= 0.3 is 17.9 Å². The molecule has 0 radical (unpaired) electrons. The normalized spacial score (nSPS) is 11.7. The van der Waals surface area contributed by atoms with Crippen LogP contribution in [0.1, 0.15) is 74.0 Å². The molecule has 1 atom stereocenters. The van der Waals surface area contributed by atoms with Crippen molar-refractivity contribution in [3.8, 4) is 0 Å². The summed E-state index contributed by atoms with van der Waals surface area (Å²) in [4.78, 5) is 45.9. The molecule has 0 amide bonds. The fourth-order valence-corrected chi connectivity index (χ4v) is 2.92. The summed E-state index contributed by atoms with van der Waals surface area (Å²) in [6.07, 6.45) is 0.734. The Hall–Kier alpha value is -3.23. The second-order valence-corrected chi connectivity index (χ2v) is 7.16. The van der Waals surface area contributed by atoms with E-state index in [0.29, 0.717) is 24.0 Å². The van der Waals surface area contributed by atoms with Crippen LogP contribution in [-0.2, 0) is 21.1 Å². The van der Waals surface area contributed by atoms with Gasteiger partial charge in [0.1, 0.15) is 6.61 Å². The number of hydrogen-bond donors (Lipinski definition) is 2. The number of rotatable bonds is 11. The van der Waals surface area contributed by atoms with Gasteiger partial charge in [0.05, 0.1) is 16.7 Å². The number of hydrogen-bond acceptors (Lipinski definition) is 6. The number of carbonyl (C=O) groups excluding carboxylic acids is 1. The standard InChI is InChI=1S/C23H26O8/c1-4-5-6-20(30-23(28)19-12-15(3)8-10-18(19)22(26)27)31-29-13-16-11-14(2)7-9-17(16)21(24)25/h7-12,20H,4-6,13H2,1-3H3,(H,24,25)(H,26,27). The molecule has 31 heavy (non-hydrogen) atoms. The van der Waals surface area contributed by atoms with Crippen LogP contribution in [0.5, 0.6) is 0 Å². The largest absolute Gasteiger partial charge is 0.478 e. The Bertz CT molecular complexity index is 951. The van der Waals surface area contributed by atoms with Crippen molar-refractivity contribution < 1.29 is 39.1 Å². The highest BCUT2D eigenvalue weighted by Crippen LogP contribution is 2.18. The Morgan fingerprint density at radius 1 is 0.903 bits per heavy atom. The Morgan fingerprint density at radius 2 is 1.52 bits per heavy atom. The molecule has 8 nitrogen and oxygen atoms in total. The molecule has 0 saturated carbocycles. The van der Waals surface area contributed by atoms with Gasteiger partial charge in [-0.2, -0.15) is 4.89 Å². The lowest BCUT2D eigenvalue weighted by Gasteiger charge is -2.18. The van der Waals surface area contributed by atoms with Crippen LogP contribution in [0.3, 0.4) is 0 Å². The molecular formula is C23H26O8. The lowest BCUT2D eigenvalue weighted by atomic mass is 10.0. The maximum atomic E-state index is 12.6. The summed E-state index contributed by atoms with van der Waals surface area (Å²) in [5, 5.41) is 18.6. The van der Waals surface area contributed by atoms with Gasteiger partial charge in [-0.05, 0) is 44.0 Å². The lowest BCUT2D eigenvalue weighted by Crippen LogP contribution is -2.23. The van der Waals surface area contributed by atoms with E-state index in [1.54, 1.807) is 25.1 Å². The van der Waals surface area contributed by atoms with Crippen LogP contribution in [0, 0.1) is 13.8 Å². The van der Waals surface area contributed by atoms with Gasteiger partial charge in [0, 0.05) is 6.42 Å². The number of unbranched alkanes of at least 4 members (excludes halogenated alkanes) is 1. The molecule has 2 aromatic rings. The van der Waals surface area contributed by atoms with Crippen molar-refractivity contribution in [2.45, 2.75) is 52.9 Å². The van der Waals surface area contributed by atoms with Crippen molar-refractivity contribution in [2.24, 2.45) is 0 Å². The van der Waals surface area contributed by atoms with Crippen LogP contribution >= 0.6 is 0 Å². The van der Waals surface area contributed by atoms with Crippen LogP contribution < -0.4 is 0 Å². The number of esters is 1. The summed E-state index contributed by atoms with van der Waals surface area (Å²) >= 11 is 0. The van der Waals surface area contributed by atoms with Crippen molar-refractivity contribution in [3.63, 3.8) is 0 Å². The van der Waals surface area contributed by atoms with Crippen molar-refractivity contribution >= 4 is 17.9 Å². The SMILES string of the molecule is CCCCC(OOCc1cc(C)ccc1C(=O)O)OC(=O)c1cc(C)ccc1C(=O)O. The highest BCUT2D eigenvalue weighted by Gasteiger charge is 2.23. The van der Waals surface area contributed by atoms with Gasteiger partial charge in [-0.1, -0.05) is 42.7 Å². The maximum Gasteiger partial charge on any atom is 0.341 e. The smallest absolute Gasteiger partial charge is 0.341 e. The minimum absolute atomic E-state index is 0.0792. The van der Waals surface area contributed by atoms with E-state index in [9.17, 15) is 24.6 Å². The van der Waals surface area contributed by atoms with Crippen molar-refractivity contribution in [1.82, 2.24) is 0 Å². The van der Waals surface area contributed by atoms with E-state index >= 15 is 0 Å². The molecule has 2 aromatic carbocycles. The average Bonchev–Trinajstić information content (AvgIpc) is 2.71. The third kappa shape index (κ3) is 6.91. The highest BCUT2D eigenvalue weighted by molar-refractivity contribution is 6.02. The van der Waals surface area contributed by atoms with Crippen molar-refractivity contribution in [1.29, 1.82) is 0 Å². The molecule has 0 aromatic heterocycles.